The summed E-state index contributed by atoms with van der Waals surface area (Å²) in [7, 11) is 2.13. The van der Waals surface area contributed by atoms with Gasteiger partial charge in [0, 0.05) is 32.1 Å². The van der Waals surface area contributed by atoms with Gasteiger partial charge in [-0.05, 0) is 42.5 Å². The first-order valence-electron chi connectivity index (χ1n) is 7.38. The molecular formula is C14H21IN4O. The van der Waals surface area contributed by atoms with E-state index in [9.17, 15) is 4.79 Å². The van der Waals surface area contributed by atoms with Gasteiger partial charge in [0.2, 0.25) is 5.95 Å². The number of aromatic nitrogens is 2. The van der Waals surface area contributed by atoms with Gasteiger partial charge < -0.3 is 9.80 Å². The van der Waals surface area contributed by atoms with Gasteiger partial charge in [0.15, 0.2) is 0 Å². The van der Waals surface area contributed by atoms with Crippen LogP contribution < -0.4 is 10.5 Å². The summed E-state index contributed by atoms with van der Waals surface area (Å²) < 4.78 is 0.785. The van der Waals surface area contributed by atoms with Gasteiger partial charge in [0.25, 0.3) is 5.56 Å². The normalized spacial score (nSPS) is 21.6. The lowest BCUT2D eigenvalue weighted by atomic mass is 10.0. The van der Waals surface area contributed by atoms with Crippen LogP contribution >= 0.6 is 22.6 Å². The van der Waals surface area contributed by atoms with Gasteiger partial charge in [0.05, 0.1) is 5.69 Å². The van der Waals surface area contributed by atoms with Crippen LogP contribution in [0.5, 0.6) is 0 Å². The zero-order valence-electron chi connectivity index (χ0n) is 11.9. The molecule has 2 fully saturated rings. The summed E-state index contributed by atoms with van der Waals surface area (Å²) in [5.74, 6) is 1.25. The van der Waals surface area contributed by atoms with Crippen LogP contribution in [0.3, 0.4) is 0 Å². The van der Waals surface area contributed by atoms with E-state index in [1.54, 1.807) is 0 Å². The number of aromatic amines is 1. The quantitative estimate of drug-likeness (QED) is 0.785. The molecule has 110 valence electrons. The first kappa shape index (κ1) is 14.3. The average Bonchev–Trinajstić information content (AvgIpc) is 2.96. The fourth-order valence-corrected chi connectivity index (χ4v) is 3.80. The Morgan fingerprint density at radius 2 is 1.85 bits per heavy atom. The Morgan fingerprint density at radius 1 is 1.20 bits per heavy atom. The third kappa shape index (κ3) is 2.86. The second-order valence-corrected chi connectivity index (χ2v) is 6.94. The van der Waals surface area contributed by atoms with Crippen molar-refractivity contribution in [1.82, 2.24) is 14.9 Å². The molecule has 3 rings (SSSR count). The van der Waals surface area contributed by atoms with E-state index in [0.717, 1.165) is 41.4 Å². The summed E-state index contributed by atoms with van der Waals surface area (Å²) in [6.07, 6.45) is 4.88. The third-order valence-electron chi connectivity index (χ3n) is 4.42. The predicted octanol–water partition coefficient (Wildman–Crippen LogP) is 1.78. The van der Waals surface area contributed by atoms with Crippen LogP contribution in [0.1, 0.15) is 37.3 Å². The largest absolute Gasteiger partial charge is 0.340 e. The number of halogens is 1. The number of rotatable bonds is 2. The summed E-state index contributed by atoms with van der Waals surface area (Å²) in [4.78, 5) is 24.5. The zero-order chi connectivity index (χ0) is 14.1. The monoisotopic (exact) mass is 388 g/mol. The Morgan fingerprint density at radius 3 is 2.50 bits per heavy atom. The molecule has 1 aliphatic carbocycles. The molecule has 1 saturated heterocycles. The summed E-state index contributed by atoms with van der Waals surface area (Å²) in [5, 5.41) is 0. The highest BCUT2D eigenvalue weighted by atomic mass is 127. The highest BCUT2D eigenvalue weighted by molar-refractivity contribution is 14.1. The van der Waals surface area contributed by atoms with Crippen LogP contribution in [0.2, 0.25) is 0 Å². The number of hydrogen-bond donors (Lipinski definition) is 1. The molecule has 0 radical (unpaired) electrons. The van der Waals surface area contributed by atoms with Crippen LogP contribution in [-0.2, 0) is 0 Å². The SMILES string of the molecule is CN1CCN(c2nc(C3CCCC3)c(I)c(=O)[nH]2)CC1. The molecule has 0 amide bonds. The summed E-state index contributed by atoms with van der Waals surface area (Å²) in [5.41, 5.74) is 1.05. The van der Waals surface area contributed by atoms with E-state index < -0.39 is 0 Å². The van der Waals surface area contributed by atoms with Crippen molar-refractivity contribution in [1.29, 1.82) is 0 Å². The minimum atomic E-state index is 0.0245. The molecule has 1 N–H and O–H groups in total. The Balaban J connectivity index is 1.90. The van der Waals surface area contributed by atoms with Crippen molar-refractivity contribution in [3.63, 3.8) is 0 Å². The lowest BCUT2D eigenvalue weighted by Crippen LogP contribution is -2.45. The molecule has 2 heterocycles. The van der Waals surface area contributed by atoms with Crippen LogP contribution in [0.15, 0.2) is 4.79 Å². The van der Waals surface area contributed by atoms with Crippen LogP contribution in [0, 0.1) is 3.57 Å². The fraction of sp³-hybridized carbons (Fsp3) is 0.714. The van der Waals surface area contributed by atoms with Crippen LogP contribution in [0.4, 0.5) is 5.95 Å². The van der Waals surface area contributed by atoms with Crippen molar-refractivity contribution in [2.24, 2.45) is 0 Å². The Hall–Kier alpha value is -0.630. The standard InChI is InChI=1S/C14H21IN4O/c1-18-6-8-19(9-7-18)14-16-12(10-4-2-3-5-10)11(15)13(20)17-14/h10H,2-9H2,1H3,(H,16,17,20). The first-order valence-corrected chi connectivity index (χ1v) is 8.46. The molecule has 20 heavy (non-hydrogen) atoms. The van der Waals surface area contributed by atoms with Gasteiger partial charge >= 0.3 is 0 Å². The maximum absolute atomic E-state index is 12.2. The molecule has 2 aliphatic rings. The van der Waals surface area contributed by atoms with Crippen molar-refractivity contribution in [2.45, 2.75) is 31.6 Å². The number of H-pyrrole nitrogens is 1. The Labute approximate surface area is 132 Å². The van der Waals surface area contributed by atoms with Crippen LogP contribution in [0.25, 0.3) is 0 Å². The van der Waals surface area contributed by atoms with E-state index in [1.165, 1.54) is 25.7 Å². The number of piperazine rings is 1. The molecule has 0 unspecified atom stereocenters. The van der Waals surface area contributed by atoms with Gasteiger partial charge in [0.1, 0.15) is 3.57 Å². The maximum Gasteiger partial charge on any atom is 0.266 e. The molecule has 1 aromatic rings. The molecule has 1 saturated carbocycles. The number of anilines is 1. The lowest BCUT2D eigenvalue weighted by molar-refractivity contribution is 0.311. The van der Waals surface area contributed by atoms with E-state index in [4.69, 9.17) is 4.98 Å². The minimum Gasteiger partial charge on any atom is -0.340 e. The Kier molecular flexibility index (Phi) is 4.30. The number of nitrogens with one attached hydrogen (secondary N) is 1. The van der Waals surface area contributed by atoms with E-state index in [1.807, 2.05) is 0 Å². The van der Waals surface area contributed by atoms with Gasteiger partial charge in [-0.25, -0.2) is 4.98 Å². The molecule has 0 spiro atoms. The van der Waals surface area contributed by atoms with Crippen molar-refractivity contribution in [3.05, 3.63) is 19.6 Å². The van der Waals surface area contributed by atoms with Crippen molar-refractivity contribution in [3.8, 4) is 0 Å². The van der Waals surface area contributed by atoms with Gasteiger partial charge in [-0.2, -0.15) is 0 Å². The van der Waals surface area contributed by atoms with Crippen molar-refractivity contribution < 1.29 is 0 Å². The topological polar surface area (TPSA) is 52.2 Å². The van der Waals surface area contributed by atoms with Gasteiger partial charge in [-0.3, -0.25) is 9.78 Å². The molecule has 6 heteroatoms. The van der Waals surface area contributed by atoms with Gasteiger partial charge in [-0.1, -0.05) is 12.8 Å². The van der Waals surface area contributed by atoms with Crippen molar-refractivity contribution >= 4 is 28.5 Å². The predicted molar refractivity (Wildman–Crippen MR) is 88.5 cm³/mol. The molecular weight excluding hydrogens is 367 g/mol. The molecule has 0 aromatic carbocycles. The Bertz CT molecular complexity index is 530. The number of hydrogen-bond acceptors (Lipinski definition) is 4. The van der Waals surface area contributed by atoms with E-state index in [-0.39, 0.29) is 5.56 Å². The summed E-state index contributed by atoms with van der Waals surface area (Å²) in [6, 6.07) is 0. The summed E-state index contributed by atoms with van der Waals surface area (Å²) >= 11 is 2.15. The molecule has 1 aliphatic heterocycles. The molecule has 0 atom stereocenters. The first-order chi connectivity index (χ1) is 9.65. The molecule has 5 nitrogen and oxygen atoms in total. The minimum absolute atomic E-state index is 0.0245. The highest BCUT2D eigenvalue weighted by Crippen LogP contribution is 2.34. The van der Waals surface area contributed by atoms with E-state index in [0.29, 0.717) is 5.92 Å². The summed E-state index contributed by atoms with van der Waals surface area (Å²) in [6.45, 7) is 3.91. The second kappa shape index (κ2) is 6.01. The van der Waals surface area contributed by atoms with Crippen LogP contribution in [-0.4, -0.2) is 48.1 Å². The highest BCUT2D eigenvalue weighted by Gasteiger charge is 2.25. The number of likely N-dealkylation sites (N-methyl/N-ethyl adjacent to an activating group) is 1. The van der Waals surface area contributed by atoms with E-state index in [2.05, 4.69) is 44.4 Å². The van der Waals surface area contributed by atoms with Crippen molar-refractivity contribution in [2.75, 3.05) is 38.1 Å². The maximum atomic E-state index is 12.2. The average molecular weight is 388 g/mol. The van der Waals surface area contributed by atoms with E-state index >= 15 is 0 Å². The zero-order valence-corrected chi connectivity index (χ0v) is 14.0. The third-order valence-corrected chi connectivity index (χ3v) is 5.46. The lowest BCUT2D eigenvalue weighted by Gasteiger charge is -2.33. The molecule has 0 bridgehead atoms. The fourth-order valence-electron chi connectivity index (χ4n) is 3.10. The smallest absolute Gasteiger partial charge is 0.266 e. The van der Waals surface area contributed by atoms with Gasteiger partial charge in [-0.15, -0.1) is 0 Å². The second-order valence-electron chi connectivity index (χ2n) is 5.86. The molecule has 1 aromatic heterocycles. The number of nitrogens with zero attached hydrogens (tertiary/aromatic N) is 3.